The zero-order valence-corrected chi connectivity index (χ0v) is 10.6. The van der Waals surface area contributed by atoms with E-state index < -0.39 is 0 Å². The van der Waals surface area contributed by atoms with Crippen LogP contribution in [0.25, 0.3) is 0 Å². The molecular weight excluding hydrogens is 222 g/mol. The average Bonchev–Trinajstić information content (AvgIpc) is 2.26. The van der Waals surface area contributed by atoms with Crippen LogP contribution in [0.4, 0.5) is 0 Å². The van der Waals surface area contributed by atoms with Crippen LogP contribution in [-0.4, -0.2) is 24.4 Å². The predicted octanol–water partition coefficient (Wildman–Crippen LogP) is 3.14. The summed E-state index contributed by atoms with van der Waals surface area (Å²) in [6.07, 6.45) is 2.31. The van der Waals surface area contributed by atoms with Crippen molar-refractivity contribution in [1.29, 1.82) is 0 Å². The molecule has 0 heterocycles. The van der Waals surface area contributed by atoms with E-state index >= 15 is 0 Å². The number of carbonyl (C=O) groups excluding carboxylic acids is 1. The Bertz CT molecular complexity index is 352. The Balaban J connectivity index is 2.42. The largest absolute Gasteiger partial charge is 0.346 e. The number of halogens is 1. The number of carbonyl (C=O) groups is 1. The van der Waals surface area contributed by atoms with Crippen molar-refractivity contribution in [2.45, 2.75) is 26.2 Å². The molecule has 0 aliphatic rings. The third kappa shape index (κ3) is 4.23. The minimum absolute atomic E-state index is 0.196. The van der Waals surface area contributed by atoms with Gasteiger partial charge in [-0.2, -0.15) is 0 Å². The van der Waals surface area contributed by atoms with Crippen LogP contribution < -0.4 is 0 Å². The molecule has 0 N–H and O–H groups in total. The number of aryl methyl sites for hydroxylation is 1. The maximum atomic E-state index is 11.7. The van der Waals surface area contributed by atoms with Gasteiger partial charge in [-0.15, -0.1) is 0 Å². The summed E-state index contributed by atoms with van der Waals surface area (Å²) in [4.78, 5) is 13.5. The van der Waals surface area contributed by atoms with E-state index in [2.05, 4.69) is 6.92 Å². The SMILES string of the molecule is CCCN(C)C(=O)CCc1cccc(Cl)c1. The first kappa shape index (κ1) is 13.0. The van der Waals surface area contributed by atoms with Gasteiger partial charge in [0, 0.05) is 25.0 Å². The van der Waals surface area contributed by atoms with E-state index in [9.17, 15) is 4.79 Å². The van der Waals surface area contributed by atoms with Gasteiger partial charge in [0.15, 0.2) is 0 Å². The molecule has 2 nitrogen and oxygen atoms in total. The van der Waals surface area contributed by atoms with Gasteiger partial charge in [0.25, 0.3) is 0 Å². The fourth-order valence-corrected chi connectivity index (χ4v) is 1.81. The fourth-order valence-electron chi connectivity index (χ4n) is 1.59. The van der Waals surface area contributed by atoms with Gasteiger partial charge in [-0.25, -0.2) is 0 Å². The second-order valence-corrected chi connectivity index (χ2v) is 4.38. The monoisotopic (exact) mass is 239 g/mol. The highest BCUT2D eigenvalue weighted by atomic mass is 35.5. The Morgan fingerprint density at radius 2 is 2.19 bits per heavy atom. The molecule has 0 aliphatic heterocycles. The van der Waals surface area contributed by atoms with E-state index in [1.54, 1.807) is 4.90 Å². The maximum absolute atomic E-state index is 11.7. The fraction of sp³-hybridized carbons (Fsp3) is 0.462. The number of rotatable bonds is 5. The molecule has 0 aliphatic carbocycles. The third-order valence-electron chi connectivity index (χ3n) is 2.50. The van der Waals surface area contributed by atoms with Gasteiger partial charge < -0.3 is 4.90 Å². The molecule has 1 amide bonds. The van der Waals surface area contributed by atoms with Gasteiger partial charge in [-0.05, 0) is 30.5 Å². The van der Waals surface area contributed by atoms with Crippen molar-refractivity contribution in [3.8, 4) is 0 Å². The van der Waals surface area contributed by atoms with Crippen LogP contribution in [0, 0.1) is 0 Å². The highest BCUT2D eigenvalue weighted by molar-refractivity contribution is 6.30. The average molecular weight is 240 g/mol. The molecule has 1 aromatic rings. The van der Waals surface area contributed by atoms with Gasteiger partial charge in [0.2, 0.25) is 5.91 Å². The molecule has 0 saturated carbocycles. The molecule has 1 rings (SSSR count). The van der Waals surface area contributed by atoms with Crippen molar-refractivity contribution in [2.75, 3.05) is 13.6 Å². The molecule has 16 heavy (non-hydrogen) atoms. The van der Waals surface area contributed by atoms with Crippen LogP contribution in [0.2, 0.25) is 5.02 Å². The van der Waals surface area contributed by atoms with E-state index in [1.807, 2.05) is 31.3 Å². The maximum Gasteiger partial charge on any atom is 0.222 e. The van der Waals surface area contributed by atoms with E-state index in [4.69, 9.17) is 11.6 Å². The molecular formula is C13H18ClNO. The summed E-state index contributed by atoms with van der Waals surface area (Å²) in [7, 11) is 1.85. The summed E-state index contributed by atoms with van der Waals surface area (Å²) in [5.74, 6) is 0.196. The highest BCUT2D eigenvalue weighted by Gasteiger charge is 2.07. The van der Waals surface area contributed by atoms with Crippen LogP contribution in [0.5, 0.6) is 0 Å². The van der Waals surface area contributed by atoms with Crippen molar-refractivity contribution in [3.05, 3.63) is 34.9 Å². The molecule has 0 fully saturated rings. The first-order chi connectivity index (χ1) is 7.63. The van der Waals surface area contributed by atoms with Crippen molar-refractivity contribution in [2.24, 2.45) is 0 Å². The molecule has 1 aromatic carbocycles. The Hall–Kier alpha value is -1.02. The van der Waals surface area contributed by atoms with Gasteiger partial charge in [0.05, 0.1) is 0 Å². The van der Waals surface area contributed by atoms with Gasteiger partial charge in [0.1, 0.15) is 0 Å². The molecule has 0 bridgehead atoms. The number of amides is 1. The van der Waals surface area contributed by atoms with Crippen LogP contribution >= 0.6 is 11.6 Å². The molecule has 0 aromatic heterocycles. The van der Waals surface area contributed by atoms with Crippen LogP contribution in [0.3, 0.4) is 0 Å². The first-order valence-electron chi connectivity index (χ1n) is 5.62. The quantitative estimate of drug-likeness (QED) is 0.773. The Labute approximate surface area is 102 Å². The van der Waals surface area contributed by atoms with E-state index in [0.717, 1.165) is 30.0 Å². The predicted molar refractivity (Wildman–Crippen MR) is 67.7 cm³/mol. The molecule has 0 saturated heterocycles. The molecule has 0 atom stereocenters. The van der Waals surface area contributed by atoms with Gasteiger partial charge >= 0.3 is 0 Å². The summed E-state index contributed by atoms with van der Waals surface area (Å²) in [5.41, 5.74) is 1.12. The summed E-state index contributed by atoms with van der Waals surface area (Å²) in [5, 5.41) is 0.729. The van der Waals surface area contributed by atoms with Gasteiger partial charge in [-0.3, -0.25) is 4.79 Å². The number of hydrogen-bond donors (Lipinski definition) is 0. The summed E-state index contributed by atoms with van der Waals surface area (Å²) < 4.78 is 0. The van der Waals surface area contributed by atoms with Crippen LogP contribution in [-0.2, 0) is 11.2 Å². The standard InChI is InChI=1S/C13H18ClNO/c1-3-9-15(2)13(16)8-7-11-5-4-6-12(14)10-11/h4-6,10H,3,7-9H2,1-2H3. The third-order valence-corrected chi connectivity index (χ3v) is 2.74. The Kier molecular flexibility index (Phi) is 5.33. The molecule has 0 radical (unpaired) electrons. The Morgan fingerprint density at radius 3 is 2.81 bits per heavy atom. The molecule has 3 heteroatoms. The minimum atomic E-state index is 0.196. The summed E-state index contributed by atoms with van der Waals surface area (Å²) in [6, 6.07) is 7.67. The van der Waals surface area contributed by atoms with Crippen molar-refractivity contribution in [3.63, 3.8) is 0 Å². The summed E-state index contributed by atoms with van der Waals surface area (Å²) >= 11 is 5.88. The zero-order chi connectivity index (χ0) is 12.0. The second kappa shape index (κ2) is 6.54. The summed E-state index contributed by atoms with van der Waals surface area (Å²) in [6.45, 7) is 2.90. The minimum Gasteiger partial charge on any atom is -0.346 e. The highest BCUT2D eigenvalue weighted by Crippen LogP contribution is 2.12. The van der Waals surface area contributed by atoms with E-state index in [1.165, 1.54) is 0 Å². The first-order valence-corrected chi connectivity index (χ1v) is 5.99. The lowest BCUT2D eigenvalue weighted by Crippen LogP contribution is -2.27. The molecule has 88 valence electrons. The normalized spacial score (nSPS) is 10.2. The lowest BCUT2D eigenvalue weighted by molar-refractivity contribution is -0.129. The number of hydrogen-bond acceptors (Lipinski definition) is 1. The second-order valence-electron chi connectivity index (χ2n) is 3.95. The smallest absolute Gasteiger partial charge is 0.222 e. The van der Waals surface area contributed by atoms with E-state index in [0.29, 0.717) is 6.42 Å². The van der Waals surface area contributed by atoms with Crippen molar-refractivity contribution in [1.82, 2.24) is 4.90 Å². The van der Waals surface area contributed by atoms with Crippen molar-refractivity contribution >= 4 is 17.5 Å². The van der Waals surface area contributed by atoms with E-state index in [-0.39, 0.29) is 5.91 Å². The number of nitrogens with zero attached hydrogens (tertiary/aromatic N) is 1. The van der Waals surface area contributed by atoms with Crippen LogP contribution in [0.15, 0.2) is 24.3 Å². The van der Waals surface area contributed by atoms with Gasteiger partial charge in [-0.1, -0.05) is 30.7 Å². The van der Waals surface area contributed by atoms with Crippen molar-refractivity contribution < 1.29 is 4.79 Å². The lowest BCUT2D eigenvalue weighted by Gasteiger charge is -2.15. The number of benzene rings is 1. The molecule has 0 unspecified atom stereocenters. The Morgan fingerprint density at radius 1 is 1.44 bits per heavy atom. The lowest BCUT2D eigenvalue weighted by atomic mass is 10.1. The molecule has 0 spiro atoms. The van der Waals surface area contributed by atoms with Crippen LogP contribution in [0.1, 0.15) is 25.3 Å². The zero-order valence-electron chi connectivity index (χ0n) is 9.87. The topological polar surface area (TPSA) is 20.3 Å².